The average molecular weight is 451 g/mol. The Morgan fingerprint density at radius 2 is 2.15 bits per heavy atom. The predicted octanol–water partition coefficient (Wildman–Crippen LogP) is 3.29. The lowest BCUT2D eigenvalue weighted by Crippen LogP contribution is -2.62. The van der Waals surface area contributed by atoms with Crippen molar-refractivity contribution in [3.05, 3.63) is 47.0 Å². The van der Waals surface area contributed by atoms with Crippen molar-refractivity contribution in [2.45, 2.75) is 45.6 Å². The first-order chi connectivity index (χ1) is 15.9. The molecule has 1 saturated carbocycles. The molecule has 0 aromatic carbocycles. The maximum absolute atomic E-state index is 12.8. The Morgan fingerprint density at radius 3 is 2.85 bits per heavy atom. The summed E-state index contributed by atoms with van der Waals surface area (Å²) < 4.78 is 0. The van der Waals surface area contributed by atoms with Gasteiger partial charge in [-0.05, 0) is 55.7 Å². The molecule has 0 radical (unpaired) electrons. The molecule has 2 aromatic rings. The number of likely N-dealkylation sites (tertiary alicyclic amines) is 1. The van der Waals surface area contributed by atoms with E-state index < -0.39 is 0 Å². The Balaban J connectivity index is 1.48. The summed E-state index contributed by atoms with van der Waals surface area (Å²) >= 11 is 0. The lowest BCUT2D eigenvalue weighted by atomic mass is 10.0. The van der Waals surface area contributed by atoms with Crippen LogP contribution in [0.25, 0.3) is 11.3 Å². The van der Waals surface area contributed by atoms with Gasteiger partial charge >= 0.3 is 0 Å². The highest BCUT2D eigenvalue weighted by atomic mass is 16.2. The Bertz CT molecular complexity index is 1050. The van der Waals surface area contributed by atoms with Gasteiger partial charge in [0.1, 0.15) is 5.69 Å². The van der Waals surface area contributed by atoms with Gasteiger partial charge in [-0.25, -0.2) is 9.97 Å². The van der Waals surface area contributed by atoms with Crippen LogP contribution in [-0.2, 0) is 4.79 Å². The SMILES string of the molecule is CNc1nccc(-c2c[nH]c(=O)c(N(CC3CC3)C3CN(C(=O)C=CCCC(C)C)C3)c2)n1. The zero-order chi connectivity index (χ0) is 23.4. The third kappa shape index (κ3) is 5.80. The van der Waals surface area contributed by atoms with Crippen LogP contribution in [0.3, 0.4) is 0 Å². The summed E-state index contributed by atoms with van der Waals surface area (Å²) in [6.07, 6.45) is 11.5. The third-order valence-electron chi connectivity index (χ3n) is 6.31. The van der Waals surface area contributed by atoms with E-state index in [1.54, 1.807) is 25.5 Å². The number of carbonyl (C=O) groups is 1. The van der Waals surface area contributed by atoms with Crippen molar-refractivity contribution in [3.8, 4) is 11.3 Å². The molecule has 1 amide bonds. The number of hydrogen-bond acceptors (Lipinski definition) is 6. The van der Waals surface area contributed by atoms with Crippen LogP contribution in [0.1, 0.15) is 39.5 Å². The smallest absolute Gasteiger partial charge is 0.271 e. The summed E-state index contributed by atoms with van der Waals surface area (Å²) in [6, 6.07) is 3.89. The fourth-order valence-corrected chi connectivity index (χ4v) is 4.05. The normalized spacial score (nSPS) is 16.3. The van der Waals surface area contributed by atoms with E-state index in [1.165, 1.54) is 12.8 Å². The Hall–Kier alpha value is -3.16. The number of carbonyl (C=O) groups excluding carboxylic acids is 1. The van der Waals surface area contributed by atoms with E-state index in [1.807, 2.05) is 23.1 Å². The number of pyridine rings is 1. The van der Waals surface area contributed by atoms with Gasteiger partial charge in [-0.1, -0.05) is 19.9 Å². The summed E-state index contributed by atoms with van der Waals surface area (Å²) in [4.78, 5) is 41.0. The van der Waals surface area contributed by atoms with Crippen LogP contribution in [0.2, 0.25) is 0 Å². The van der Waals surface area contributed by atoms with E-state index in [2.05, 4.69) is 39.0 Å². The van der Waals surface area contributed by atoms with E-state index in [9.17, 15) is 9.59 Å². The number of aromatic amines is 1. The molecule has 0 atom stereocenters. The number of amides is 1. The molecule has 1 aliphatic carbocycles. The topological polar surface area (TPSA) is 94.2 Å². The number of hydrogen-bond donors (Lipinski definition) is 2. The minimum Gasteiger partial charge on any atom is -0.360 e. The standard InChI is InChI=1S/C25H34N6O2/c1-17(2)6-4-5-7-23(32)30-15-20(16-30)31(14-18-8-9-18)22-12-19(13-28-24(22)33)21-10-11-27-25(26-3)29-21/h5,7,10-13,17-18,20H,4,6,8-9,14-16H2,1-3H3,(H,28,33)(H,26,27,29). The minimum absolute atomic E-state index is 0.0598. The van der Waals surface area contributed by atoms with Crippen LogP contribution in [0.4, 0.5) is 11.6 Å². The van der Waals surface area contributed by atoms with Crippen LogP contribution in [-0.4, -0.2) is 58.5 Å². The van der Waals surface area contributed by atoms with Crippen molar-refractivity contribution in [2.75, 3.05) is 36.9 Å². The van der Waals surface area contributed by atoms with Gasteiger partial charge in [0.15, 0.2) is 0 Å². The molecule has 8 nitrogen and oxygen atoms in total. The van der Waals surface area contributed by atoms with Crippen LogP contribution in [0.5, 0.6) is 0 Å². The van der Waals surface area contributed by atoms with Crippen LogP contribution in [0, 0.1) is 11.8 Å². The fourth-order valence-electron chi connectivity index (χ4n) is 4.05. The number of anilines is 2. The van der Waals surface area contributed by atoms with Crippen molar-refractivity contribution in [2.24, 2.45) is 11.8 Å². The number of nitrogens with zero attached hydrogens (tertiary/aromatic N) is 4. The number of allylic oxidation sites excluding steroid dienone is 1. The summed E-state index contributed by atoms with van der Waals surface area (Å²) in [5, 5.41) is 2.95. The molecule has 33 heavy (non-hydrogen) atoms. The summed E-state index contributed by atoms with van der Waals surface area (Å²) in [7, 11) is 1.78. The van der Waals surface area contributed by atoms with Crippen molar-refractivity contribution < 1.29 is 4.79 Å². The minimum atomic E-state index is -0.111. The first-order valence-corrected chi connectivity index (χ1v) is 11.9. The van der Waals surface area contributed by atoms with Gasteiger partial charge in [0.25, 0.3) is 5.56 Å². The number of aromatic nitrogens is 3. The molecule has 4 rings (SSSR count). The van der Waals surface area contributed by atoms with Gasteiger partial charge in [-0.15, -0.1) is 0 Å². The molecule has 8 heteroatoms. The van der Waals surface area contributed by atoms with Crippen molar-refractivity contribution >= 4 is 17.5 Å². The Labute approximate surface area is 195 Å². The van der Waals surface area contributed by atoms with Gasteiger partial charge in [-0.2, -0.15) is 0 Å². The highest BCUT2D eigenvalue weighted by molar-refractivity contribution is 5.88. The van der Waals surface area contributed by atoms with Gasteiger partial charge < -0.3 is 20.1 Å². The zero-order valence-electron chi connectivity index (χ0n) is 19.8. The van der Waals surface area contributed by atoms with Crippen LogP contribution in [0.15, 0.2) is 41.5 Å². The molecule has 0 spiro atoms. The number of rotatable bonds is 10. The highest BCUT2D eigenvalue weighted by Crippen LogP contribution is 2.33. The summed E-state index contributed by atoms with van der Waals surface area (Å²) in [5.41, 5.74) is 2.12. The van der Waals surface area contributed by atoms with Crippen molar-refractivity contribution in [1.29, 1.82) is 0 Å². The van der Waals surface area contributed by atoms with Crippen LogP contribution < -0.4 is 15.8 Å². The van der Waals surface area contributed by atoms with Gasteiger partial charge in [0, 0.05) is 44.6 Å². The fraction of sp³-hybridized carbons (Fsp3) is 0.520. The molecule has 2 fully saturated rings. The van der Waals surface area contributed by atoms with Crippen molar-refractivity contribution in [1.82, 2.24) is 19.9 Å². The highest BCUT2D eigenvalue weighted by Gasteiger charge is 2.37. The molecular weight excluding hydrogens is 416 g/mol. The average Bonchev–Trinajstić information content (AvgIpc) is 3.59. The predicted molar refractivity (Wildman–Crippen MR) is 131 cm³/mol. The van der Waals surface area contributed by atoms with E-state index >= 15 is 0 Å². The van der Waals surface area contributed by atoms with E-state index in [0.29, 0.717) is 36.6 Å². The molecule has 2 aliphatic rings. The molecule has 0 unspecified atom stereocenters. The zero-order valence-corrected chi connectivity index (χ0v) is 19.8. The molecule has 0 bridgehead atoms. The second-order valence-corrected chi connectivity index (χ2v) is 9.48. The van der Waals surface area contributed by atoms with E-state index in [-0.39, 0.29) is 17.5 Å². The third-order valence-corrected chi connectivity index (χ3v) is 6.31. The molecule has 1 saturated heterocycles. The molecular formula is C25H34N6O2. The van der Waals surface area contributed by atoms with Crippen molar-refractivity contribution in [3.63, 3.8) is 0 Å². The van der Waals surface area contributed by atoms with Crippen LogP contribution >= 0.6 is 0 Å². The maximum Gasteiger partial charge on any atom is 0.271 e. The van der Waals surface area contributed by atoms with Gasteiger partial charge in [0.05, 0.1) is 11.7 Å². The monoisotopic (exact) mass is 450 g/mol. The Kier molecular flexibility index (Phi) is 7.11. The molecule has 1 aliphatic heterocycles. The summed E-state index contributed by atoms with van der Waals surface area (Å²) in [6.45, 7) is 6.49. The maximum atomic E-state index is 12.8. The van der Waals surface area contributed by atoms with E-state index in [0.717, 1.165) is 30.6 Å². The van der Waals surface area contributed by atoms with E-state index in [4.69, 9.17) is 0 Å². The quantitative estimate of drug-likeness (QED) is 0.540. The lowest BCUT2D eigenvalue weighted by Gasteiger charge is -2.46. The van der Waals surface area contributed by atoms with Gasteiger partial charge in [-0.3, -0.25) is 9.59 Å². The molecule has 2 N–H and O–H groups in total. The first kappa shape index (κ1) is 23.0. The second-order valence-electron chi connectivity index (χ2n) is 9.48. The number of nitrogens with one attached hydrogen (secondary N) is 2. The Morgan fingerprint density at radius 1 is 1.36 bits per heavy atom. The lowest BCUT2D eigenvalue weighted by molar-refractivity contribution is -0.130. The molecule has 2 aromatic heterocycles. The molecule has 3 heterocycles. The second kappa shape index (κ2) is 10.2. The number of H-pyrrole nitrogens is 1. The van der Waals surface area contributed by atoms with Gasteiger partial charge in [0.2, 0.25) is 11.9 Å². The molecule has 176 valence electrons. The summed E-state index contributed by atoms with van der Waals surface area (Å²) in [5.74, 6) is 1.84. The largest absolute Gasteiger partial charge is 0.360 e. The first-order valence-electron chi connectivity index (χ1n) is 11.9.